The van der Waals surface area contributed by atoms with Crippen LogP contribution in [0.5, 0.6) is 17.4 Å². The summed E-state index contributed by atoms with van der Waals surface area (Å²) in [6.45, 7) is 5.38. The van der Waals surface area contributed by atoms with Crippen molar-refractivity contribution in [2.75, 3.05) is 19.1 Å². The van der Waals surface area contributed by atoms with Gasteiger partial charge in [-0.2, -0.15) is 4.98 Å². The van der Waals surface area contributed by atoms with Crippen molar-refractivity contribution in [3.63, 3.8) is 0 Å². The Morgan fingerprint density at radius 2 is 1.76 bits per heavy atom. The highest BCUT2D eigenvalue weighted by atomic mass is 16.5. The molecule has 1 amide bonds. The summed E-state index contributed by atoms with van der Waals surface area (Å²) >= 11 is 0. The maximum absolute atomic E-state index is 14.1. The number of amides is 1. The molecule has 3 aromatic rings. The quantitative estimate of drug-likeness (QED) is 0.391. The van der Waals surface area contributed by atoms with E-state index in [1.54, 1.807) is 61.4 Å². The maximum atomic E-state index is 14.1. The van der Waals surface area contributed by atoms with Gasteiger partial charge in [-0.3, -0.25) is 19.1 Å². The molecule has 8 heteroatoms. The molecule has 0 unspecified atom stereocenters. The lowest BCUT2D eigenvalue weighted by molar-refractivity contribution is -0.113. The fourth-order valence-corrected chi connectivity index (χ4v) is 4.95. The van der Waals surface area contributed by atoms with E-state index in [0.717, 1.165) is 31.2 Å². The molecular weight excluding hydrogens is 482 g/mol. The number of allylic oxidation sites excluding steroid dienone is 1. The largest absolute Gasteiger partial charge is 0.494 e. The zero-order valence-electron chi connectivity index (χ0n) is 22.0. The number of hydrogen-bond acceptors (Lipinski definition) is 6. The fourth-order valence-electron chi connectivity index (χ4n) is 4.95. The van der Waals surface area contributed by atoms with Gasteiger partial charge in [-0.15, -0.1) is 0 Å². The lowest BCUT2D eigenvalue weighted by atomic mass is 10.0. The number of methoxy groups -OCH3 is 2. The second-order valence-electron chi connectivity index (χ2n) is 9.14. The number of aromatic hydroxyl groups is 1. The molecule has 1 saturated carbocycles. The third-order valence-corrected chi connectivity index (χ3v) is 6.83. The lowest BCUT2D eigenvalue weighted by Gasteiger charge is -2.22. The zero-order valence-corrected chi connectivity index (χ0v) is 22.0. The Labute approximate surface area is 222 Å². The number of rotatable bonds is 9. The van der Waals surface area contributed by atoms with Crippen molar-refractivity contribution in [3.05, 3.63) is 94.7 Å². The van der Waals surface area contributed by atoms with Crippen molar-refractivity contribution in [2.24, 2.45) is 0 Å². The van der Waals surface area contributed by atoms with Gasteiger partial charge in [-0.1, -0.05) is 43.7 Å². The van der Waals surface area contributed by atoms with Crippen LogP contribution in [0.2, 0.25) is 0 Å². The molecular formula is C30H33N3O5. The van der Waals surface area contributed by atoms with Gasteiger partial charge in [0.05, 0.1) is 19.8 Å². The second-order valence-corrected chi connectivity index (χ2v) is 9.14. The number of nitrogens with zero attached hydrogens (tertiary/aromatic N) is 3. The zero-order chi connectivity index (χ0) is 27.2. The van der Waals surface area contributed by atoms with Gasteiger partial charge in [0.15, 0.2) is 0 Å². The Bertz CT molecular complexity index is 1380. The Hall–Kier alpha value is -4.33. The van der Waals surface area contributed by atoms with E-state index in [1.165, 1.54) is 11.0 Å². The van der Waals surface area contributed by atoms with E-state index in [1.807, 2.05) is 19.1 Å². The molecule has 1 aromatic heterocycles. The Morgan fingerprint density at radius 3 is 2.32 bits per heavy atom. The number of para-hydroxylation sites is 1. The molecule has 198 valence electrons. The smallest absolute Gasteiger partial charge is 0.265 e. The average molecular weight is 516 g/mol. The highest BCUT2D eigenvalue weighted by molar-refractivity contribution is 6.02. The van der Waals surface area contributed by atoms with Crippen LogP contribution in [0.25, 0.3) is 5.69 Å². The van der Waals surface area contributed by atoms with Crippen LogP contribution in [0.4, 0.5) is 5.69 Å². The predicted octanol–water partition coefficient (Wildman–Crippen LogP) is 5.26. The van der Waals surface area contributed by atoms with Crippen LogP contribution in [0, 0.1) is 0 Å². The minimum atomic E-state index is -0.372. The van der Waals surface area contributed by atoms with Gasteiger partial charge >= 0.3 is 0 Å². The van der Waals surface area contributed by atoms with E-state index in [-0.39, 0.29) is 35.2 Å². The molecule has 1 N–H and O–H groups in total. The van der Waals surface area contributed by atoms with Crippen LogP contribution in [-0.4, -0.2) is 34.8 Å². The summed E-state index contributed by atoms with van der Waals surface area (Å²) in [4.78, 5) is 32.4. The summed E-state index contributed by atoms with van der Waals surface area (Å²) in [5.41, 5.74) is 1.70. The molecule has 1 fully saturated rings. The van der Waals surface area contributed by atoms with Crippen LogP contribution in [-0.2, 0) is 11.2 Å². The monoisotopic (exact) mass is 515 g/mol. The summed E-state index contributed by atoms with van der Waals surface area (Å²) in [6, 6.07) is 12.6. The summed E-state index contributed by atoms with van der Waals surface area (Å²) in [5, 5.41) is 11.0. The minimum Gasteiger partial charge on any atom is -0.494 e. The van der Waals surface area contributed by atoms with Gasteiger partial charge in [0, 0.05) is 24.2 Å². The highest BCUT2D eigenvalue weighted by Crippen LogP contribution is 2.38. The third-order valence-electron chi connectivity index (χ3n) is 6.83. The Balaban J connectivity index is 1.82. The normalized spacial score (nSPS) is 13.6. The van der Waals surface area contributed by atoms with Crippen LogP contribution in [0.3, 0.4) is 0 Å². The number of aromatic nitrogens is 2. The molecule has 38 heavy (non-hydrogen) atoms. The first kappa shape index (κ1) is 26.7. The molecule has 0 radical (unpaired) electrons. The van der Waals surface area contributed by atoms with Gasteiger partial charge in [0.25, 0.3) is 11.5 Å². The third kappa shape index (κ3) is 5.20. The molecule has 0 atom stereocenters. The number of ether oxygens (including phenoxy) is 2. The maximum Gasteiger partial charge on any atom is 0.265 e. The van der Waals surface area contributed by atoms with Gasteiger partial charge < -0.3 is 14.6 Å². The second kappa shape index (κ2) is 11.8. The van der Waals surface area contributed by atoms with Crippen LogP contribution < -0.4 is 19.9 Å². The van der Waals surface area contributed by atoms with Crippen LogP contribution in [0.1, 0.15) is 55.5 Å². The highest BCUT2D eigenvalue weighted by Gasteiger charge is 2.29. The SMILES string of the molecule is C=CC(=O)N(/C=C\C)c1ccc(Cc2c(O)nc(C3CCCC3)n(-c3c(OC)cccc3OC)c2=O)cc1. The summed E-state index contributed by atoms with van der Waals surface area (Å²) in [7, 11) is 3.09. The number of hydrogen-bond donors (Lipinski definition) is 1. The molecule has 1 aliphatic rings. The van der Waals surface area contributed by atoms with E-state index in [2.05, 4.69) is 11.6 Å². The van der Waals surface area contributed by atoms with Crippen molar-refractivity contribution in [1.82, 2.24) is 9.55 Å². The minimum absolute atomic E-state index is 0.0385. The lowest BCUT2D eigenvalue weighted by Crippen LogP contribution is -2.29. The molecule has 0 bridgehead atoms. The van der Waals surface area contributed by atoms with Crippen molar-refractivity contribution < 1.29 is 19.4 Å². The molecule has 0 saturated heterocycles. The van der Waals surface area contributed by atoms with Gasteiger partial charge in [0.1, 0.15) is 23.0 Å². The average Bonchev–Trinajstić information content (AvgIpc) is 3.48. The van der Waals surface area contributed by atoms with Gasteiger partial charge in [-0.05, 0) is 55.7 Å². The van der Waals surface area contributed by atoms with E-state index in [9.17, 15) is 14.7 Å². The van der Waals surface area contributed by atoms with Gasteiger partial charge in [0.2, 0.25) is 5.88 Å². The molecule has 4 rings (SSSR count). The van der Waals surface area contributed by atoms with Crippen molar-refractivity contribution in [1.29, 1.82) is 0 Å². The topological polar surface area (TPSA) is 93.9 Å². The number of carbonyl (C=O) groups is 1. The van der Waals surface area contributed by atoms with E-state index in [0.29, 0.717) is 28.7 Å². The van der Waals surface area contributed by atoms with E-state index < -0.39 is 0 Å². The van der Waals surface area contributed by atoms with E-state index in [4.69, 9.17) is 9.47 Å². The van der Waals surface area contributed by atoms with Crippen molar-refractivity contribution in [2.45, 2.75) is 44.9 Å². The van der Waals surface area contributed by atoms with Crippen LogP contribution >= 0.6 is 0 Å². The Kier molecular flexibility index (Phi) is 8.31. The number of anilines is 1. The van der Waals surface area contributed by atoms with E-state index >= 15 is 0 Å². The van der Waals surface area contributed by atoms with Gasteiger partial charge in [-0.25, -0.2) is 0 Å². The molecule has 1 heterocycles. The Morgan fingerprint density at radius 1 is 1.13 bits per heavy atom. The molecule has 1 aliphatic carbocycles. The molecule has 8 nitrogen and oxygen atoms in total. The fraction of sp³-hybridized carbons (Fsp3) is 0.300. The molecule has 0 spiro atoms. The summed E-state index contributed by atoms with van der Waals surface area (Å²) in [5.74, 6) is 0.972. The van der Waals surface area contributed by atoms with Crippen LogP contribution in [0.15, 0.2) is 72.2 Å². The first-order valence-corrected chi connectivity index (χ1v) is 12.7. The van der Waals surface area contributed by atoms with Crippen molar-refractivity contribution >= 4 is 11.6 Å². The number of benzene rings is 2. The predicted molar refractivity (Wildman–Crippen MR) is 148 cm³/mol. The molecule has 2 aromatic carbocycles. The number of carbonyl (C=O) groups excluding carboxylic acids is 1. The standard InChI is InChI=1S/C30H33N3O5/c1-5-18-32(26(34)6-2)22-16-14-20(15-17-22)19-23-29(35)31-28(21-10-7-8-11-21)33(30(23)36)27-24(37-3)12-9-13-25(27)38-4/h5-6,9,12-18,21,35H,2,7-8,10-11,19H2,1,3-4H3/b18-5-. The van der Waals surface area contributed by atoms with Crippen molar-refractivity contribution in [3.8, 4) is 23.1 Å². The summed E-state index contributed by atoms with van der Waals surface area (Å²) < 4.78 is 12.8. The molecule has 0 aliphatic heterocycles. The summed E-state index contributed by atoms with van der Waals surface area (Å²) in [6.07, 6.45) is 8.67. The first-order chi connectivity index (χ1) is 18.4. The first-order valence-electron chi connectivity index (χ1n) is 12.7.